The van der Waals surface area contributed by atoms with Crippen LogP contribution in [0.4, 0.5) is 4.79 Å². The van der Waals surface area contributed by atoms with Crippen LogP contribution >= 0.6 is 0 Å². The fourth-order valence-electron chi connectivity index (χ4n) is 1.76. The van der Waals surface area contributed by atoms with Crippen molar-refractivity contribution in [1.29, 1.82) is 0 Å². The van der Waals surface area contributed by atoms with Crippen molar-refractivity contribution in [3.8, 4) is 0 Å². The van der Waals surface area contributed by atoms with Crippen LogP contribution < -0.4 is 0 Å². The minimum absolute atomic E-state index is 0.104. The van der Waals surface area contributed by atoms with Gasteiger partial charge in [0.15, 0.2) is 0 Å². The van der Waals surface area contributed by atoms with E-state index in [-0.39, 0.29) is 18.8 Å². The molecule has 0 bridgehead atoms. The van der Waals surface area contributed by atoms with E-state index in [9.17, 15) is 4.79 Å². The van der Waals surface area contributed by atoms with Crippen LogP contribution in [0.3, 0.4) is 0 Å². The molecule has 4 nitrogen and oxygen atoms in total. The Balaban J connectivity index is 1.85. The summed E-state index contributed by atoms with van der Waals surface area (Å²) in [6.07, 6.45) is 0.131. The Hall–Kier alpha value is -1.55. The first-order chi connectivity index (χ1) is 7.79. The summed E-state index contributed by atoms with van der Waals surface area (Å²) in [5.41, 5.74) is 1.20. The molecule has 0 aliphatic carbocycles. The van der Waals surface area contributed by atoms with E-state index in [2.05, 4.69) is 0 Å². The number of amides is 1. The summed E-state index contributed by atoms with van der Waals surface area (Å²) >= 11 is 0. The summed E-state index contributed by atoms with van der Waals surface area (Å²) < 4.78 is 4.95. The molecule has 16 heavy (non-hydrogen) atoms. The first-order valence-electron chi connectivity index (χ1n) is 5.40. The third-order valence-electron chi connectivity index (χ3n) is 2.67. The van der Waals surface area contributed by atoms with E-state index in [1.807, 2.05) is 30.3 Å². The summed E-state index contributed by atoms with van der Waals surface area (Å²) in [4.78, 5) is 13.0. The number of carbonyl (C=O) groups is 1. The van der Waals surface area contributed by atoms with E-state index in [0.717, 1.165) is 6.42 Å². The lowest BCUT2D eigenvalue weighted by molar-refractivity contribution is 0.0948. The fourth-order valence-corrected chi connectivity index (χ4v) is 1.76. The van der Waals surface area contributed by atoms with Gasteiger partial charge in [-0.05, 0) is 12.0 Å². The summed E-state index contributed by atoms with van der Waals surface area (Å²) in [5.74, 6) is 0. The van der Waals surface area contributed by atoms with Crippen molar-refractivity contribution in [3.63, 3.8) is 0 Å². The number of carbonyl (C=O) groups excluding carboxylic acids is 1. The van der Waals surface area contributed by atoms with Gasteiger partial charge in [0, 0.05) is 6.54 Å². The third kappa shape index (κ3) is 2.52. The molecular weight excluding hydrogens is 206 g/mol. The largest absolute Gasteiger partial charge is 0.442 e. The highest BCUT2D eigenvalue weighted by Crippen LogP contribution is 2.11. The molecule has 1 fully saturated rings. The molecular formula is C12H15NO3. The highest BCUT2D eigenvalue weighted by atomic mass is 16.6. The molecule has 2 rings (SSSR count). The molecule has 1 aromatic rings. The zero-order chi connectivity index (χ0) is 11.4. The average molecular weight is 221 g/mol. The molecule has 1 atom stereocenters. The summed E-state index contributed by atoms with van der Waals surface area (Å²) in [7, 11) is 0. The minimum atomic E-state index is -0.358. The van der Waals surface area contributed by atoms with E-state index >= 15 is 0 Å². The summed E-state index contributed by atoms with van der Waals surface area (Å²) in [6.45, 7) is 1.02. The Labute approximate surface area is 94.4 Å². The molecule has 0 saturated carbocycles. The van der Waals surface area contributed by atoms with Crippen molar-refractivity contribution < 1.29 is 14.6 Å². The van der Waals surface area contributed by atoms with Crippen molar-refractivity contribution >= 4 is 6.09 Å². The molecule has 1 aliphatic rings. The summed E-state index contributed by atoms with van der Waals surface area (Å²) in [6, 6.07) is 9.99. The second-order valence-electron chi connectivity index (χ2n) is 3.87. The minimum Gasteiger partial charge on any atom is -0.442 e. The van der Waals surface area contributed by atoms with E-state index in [1.54, 1.807) is 4.90 Å². The molecule has 0 spiro atoms. The SMILES string of the molecule is O=C1O[C@@H](CO)CN1CCc1ccccc1. The van der Waals surface area contributed by atoms with Gasteiger partial charge >= 0.3 is 6.09 Å². The van der Waals surface area contributed by atoms with Crippen LogP contribution in [-0.4, -0.2) is 41.9 Å². The number of aliphatic hydroxyl groups is 1. The van der Waals surface area contributed by atoms with Crippen molar-refractivity contribution in [3.05, 3.63) is 35.9 Å². The van der Waals surface area contributed by atoms with E-state index in [4.69, 9.17) is 9.84 Å². The highest BCUT2D eigenvalue weighted by Gasteiger charge is 2.29. The maximum atomic E-state index is 11.4. The van der Waals surface area contributed by atoms with Gasteiger partial charge in [-0.2, -0.15) is 0 Å². The molecule has 4 heteroatoms. The van der Waals surface area contributed by atoms with Gasteiger partial charge in [-0.1, -0.05) is 30.3 Å². The van der Waals surface area contributed by atoms with Gasteiger partial charge < -0.3 is 14.7 Å². The Kier molecular flexibility index (Phi) is 3.41. The normalized spacial score (nSPS) is 19.9. The molecule has 0 radical (unpaired) electrons. The molecule has 0 unspecified atom stereocenters. The van der Waals surface area contributed by atoms with Crippen LogP contribution in [0.2, 0.25) is 0 Å². The summed E-state index contributed by atoms with van der Waals surface area (Å²) in [5, 5.41) is 8.88. The van der Waals surface area contributed by atoms with Gasteiger partial charge in [0.25, 0.3) is 0 Å². The molecule has 1 heterocycles. The van der Waals surface area contributed by atoms with Crippen molar-refractivity contribution in [2.45, 2.75) is 12.5 Å². The van der Waals surface area contributed by atoms with Crippen molar-refractivity contribution in [2.75, 3.05) is 19.7 Å². The lowest BCUT2D eigenvalue weighted by atomic mass is 10.1. The Morgan fingerprint density at radius 1 is 1.38 bits per heavy atom. The predicted octanol–water partition coefficient (Wildman–Crippen LogP) is 1.04. The third-order valence-corrected chi connectivity index (χ3v) is 2.67. The van der Waals surface area contributed by atoms with Gasteiger partial charge in [0.2, 0.25) is 0 Å². The van der Waals surface area contributed by atoms with Crippen molar-refractivity contribution in [2.24, 2.45) is 0 Å². The predicted molar refractivity (Wildman–Crippen MR) is 59.1 cm³/mol. The monoisotopic (exact) mass is 221 g/mol. The fraction of sp³-hybridized carbons (Fsp3) is 0.417. The molecule has 1 aromatic carbocycles. The maximum Gasteiger partial charge on any atom is 0.410 e. The molecule has 1 N–H and O–H groups in total. The van der Waals surface area contributed by atoms with E-state index in [1.165, 1.54) is 5.56 Å². The zero-order valence-corrected chi connectivity index (χ0v) is 9.00. The number of rotatable bonds is 4. The zero-order valence-electron chi connectivity index (χ0n) is 9.00. The van der Waals surface area contributed by atoms with Crippen LogP contribution in [0.15, 0.2) is 30.3 Å². The van der Waals surface area contributed by atoms with Crippen LogP contribution in [0.25, 0.3) is 0 Å². The van der Waals surface area contributed by atoms with Gasteiger partial charge in [-0.15, -0.1) is 0 Å². The highest BCUT2D eigenvalue weighted by molar-refractivity contribution is 5.69. The number of cyclic esters (lactones) is 1. The Bertz CT molecular complexity index is 353. The van der Waals surface area contributed by atoms with Gasteiger partial charge in [-0.25, -0.2) is 4.79 Å². The molecule has 1 amide bonds. The smallest absolute Gasteiger partial charge is 0.410 e. The quantitative estimate of drug-likeness (QED) is 0.826. The van der Waals surface area contributed by atoms with Gasteiger partial charge in [-0.3, -0.25) is 0 Å². The van der Waals surface area contributed by atoms with Crippen molar-refractivity contribution in [1.82, 2.24) is 4.90 Å². The molecule has 1 saturated heterocycles. The number of aliphatic hydroxyl groups excluding tert-OH is 1. The van der Waals surface area contributed by atoms with Crippen LogP contribution in [0.5, 0.6) is 0 Å². The molecule has 1 aliphatic heterocycles. The number of nitrogens with zero attached hydrogens (tertiary/aromatic N) is 1. The maximum absolute atomic E-state index is 11.4. The number of benzene rings is 1. The van der Waals surface area contributed by atoms with Crippen LogP contribution in [0, 0.1) is 0 Å². The lowest BCUT2D eigenvalue weighted by Crippen LogP contribution is -2.28. The second kappa shape index (κ2) is 4.99. The second-order valence-corrected chi connectivity index (χ2v) is 3.87. The number of ether oxygens (including phenoxy) is 1. The van der Waals surface area contributed by atoms with Gasteiger partial charge in [0.05, 0.1) is 13.2 Å². The average Bonchev–Trinajstić information content (AvgIpc) is 2.69. The Morgan fingerprint density at radius 2 is 2.12 bits per heavy atom. The van der Waals surface area contributed by atoms with Crippen LogP contribution in [-0.2, 0) is 11.2 Å². The lowest BCUT2D eigenvalue weighted by Gasteiger charge is -2.12. The van der Waals surface area contributed by atoms with Crippen LogP contribution in [0.1, 0.15) is 5.56 Å². The first kappa shape index (κ1) is 11.0. The molecule has 0 aromatic heterocycles. The number of hydrogen-bond acceptors (Lipinski definition) is 3. The number of hydrogen-bond donors (Lipinski definition) is 1. The first-order valence-corrected chi connectivity index (χ1v) is 5.40. The standard InChI is InChI=1S/C12H15NO3/c14-9-11-8-13(12(15)16-11)7-6-10-4-2-1-3-5-10/h1-5,11,14H,6-9H2/t11-/m1/s1. The van der Waals surface area contributed by atoms with E-state index < -0.39 is 0 Å². The van der Waals surface area contributed by atoms with E-state index in [0.29, 0.717) is 13.1 Å². The van der Waals surface area contributed by atoms with Gasteiger partial charge in [0.1, 0.15) is 6.10 Å². The molecule has 86 valence electrons. The Morgan fingerprint density at radius 3 is 2.75 bits per heavy atom. The topological polar surface area (TPSA) is 49.8 Å².